The molecule has 1 atom stereocenters. The number of aromatic nitrogens is 2. The minimum absolute atomic E-state index is 0.165. The fraction of sp³-hybridized carbons (Fsp3) is 0.348. The maximum absolute atomic E-state index is 12.4. The number of nitrogens with one attached hydrogen (secondary N) is 1. The van der Waals surface area contributed by atoms with E-state index in [4.69, 9.17) is 13.9 Å². The Kier molecular flexibility index (Phi) is 6.78. The number of ether oxygens (including phenoxy) is 2. The van der Waals surface area contributed by atoms with Crippen LogP contribution in [0.2, 0.25) is 0 Å². The van der Waals surface area contributed by atoms with Gasteiger partial charge in [-0.15, -0.1) is 10.2 Å². The van der Waals surface area contributed by atoms with Crippen molar-refractivity contribution in [3.63, 3.8) is 0 Å². The summed E-state index contributed by atoms with van der Waals surface area (Å²) in [7, 11) is 0. The number of aryl methyl sites for hydroxylation is 1. The molecule has 0 unspecified atom stereocenters. The third-order valence-electron chi connectivity index (χ3n) is 5.08. The molecule has 0 radical (unpaired) electrons. The van der Waals surface area contributed by atoms with Gasteiger partial charge in [0.1, 0.15) is 12.4 Å². The number of benzene rings is 2. The molecule has 8 nitrogen and oxygen atoms in total. The van der Waals surface area contributed by atoms with Gasteiger partial charge in [-0.25, -0.2) is 4.79 Å². The maximum atomic E-state index is 12.4. The lowest BCUT2D eigenvalue weighted by atomic mass is 10.1. The molecular formula is C23H26N4O4. The van der Waals surface area contributed by atoms with E-state index >= 15 is 0 Å². The molecule has 0 saturated carbocycles. The van der Waals surface area contributed by atoms with Gasteiger partial charge in [-0.2, -0.15) is 0 Å². The quantitative estimate of drug-likeness (QED) is 0.624. The molecule has 2 aromatic carbocycles. The van der Waals surface area contributed by atoms with E-state index in [-0.39, 0.29) is 18.7 Å². The van der Waals surface area contributed by atoms with Crippen LogP contribution in [0.3, 0.4) is 0 Å². The van der Waals surface area contributed by atoms with Gasteiger partial charge in [-0.1, -0.05) is 30.3 Å². The number of hydrogen-bond acceptors (Lipinski definition) is 7. The molecule has 0 aliphatic carbocycles. The lowest BCUT2D eigenvalue weighted by molar-refractivity contribution is 0.0827. The summed E-state index contributed by atoms with van der Waals surface area (Å²) in [6.07, 6.45) is 0.510. The van der Waals surface area contributed by atoms with Crippen LogP contribution >= 0.6 is 0 Å². The first-order valence-electron chi connectivity index (χ1n) is 10.4. The summed E-state index contributed by atoms with van der Waals surface area (Å²) >= 11 is 0. The fourth-order valence-corrected chi connectivity index (χ4v) is 3.42. The number of rotatable bonds is 7. The zero-order chi connectivity index (χ0) is 21.5. The molecular weight excluding hydrogens is 396 g/mol. The van der Waals surface area contributed by atoms with Gasteiger partial charge in [0.25, 0.3) is 0 Å². The second-order valence-electron chi connectivity index (χ2n) is 7.42. The Morgan fingerprint density at radius 3 is 2.71 bits per heavy atom. The van der Waals surface area contributed by atoms with Crippen molar-refractivity contribution in [3.8, 4) is 17.2 Å². The van der Waals surface area contributed by atoms with Crippen LogP contribution in [-0.4, -0.2) is 53.5 Å². The first-order chi connectivity index (χ1) is 15.2. The van der Waals surface area contributed by atoms with Gasteiger partial charge < -0.3 is 24.1 Å². The average Bonchev–Trinajstić information content (AvgIpc) is 3.25. The molecule has 1 amide bonds. The second-order valence-corrected chi connectivity index (χ2v) is 7.42. The summed E-state index contributed by atoms with van der Waals surface area (Å²) in [5, 5.41) is 11.3. The number of carbonyl (C=O) groups excluding carboxylic acids is 1. The van der Waals surface area contributed by atoms with E-state index in [9.17, 15) is 4.79 Å². The topological polar surface area (TPSA) is 89.7 Å². The van der Waals surface area contributed by atoms with Crippen LogP contribution in [0.4, 0.5) is 4.79 Å². The molecule has 0 bridgehead atoms. The molecule has 1 aliphatic heterocycles. The lowest BCUT2D eigenvalue weighted by Gasteiger charge is -2.33. The van der Waals surface area contributed by atoms with Gasteiger partial charge >= 0.3 is 6.09 Å². The number of amides is 1. The third-order valence-corrected chi connectivity index (χ3v) is 5.08. The number of nitrogens with zero attached hydrogens (tertiary/aromatic N) is 3. The first-order valence-corrected chi connectivity index (χ1v) is 10.4. The van der Waals surface area contributed by atoms with Gasteiger partial charge in [0.05, 0.1) is 6.61 Å². The summed E-state index contributed by atoms with van der Waals surface area (Å²) in [5.41, 5.74) is 1.84. The minimum Gasteiger partial charge on any atom is -0.494 e. The van der Waals surface area contributed by atoms with Crippen LogP contribution in [-0.2, 0) is 11.3 Å². The van der Waals surface area contributed by atoms with Gasteiger partial charge in [0.2, 0.25) is 11.8 Å². The summed E-state index contributed by atoms with van der Waals surface area (Å²) in [5.74, 6) is 1.80. The van der Waals surface area contributed by atoms with Crippen LogP contribution in [0.1, 0.15) is 17.9 Å². The molecule has 1 fully saturated rings. The zero-order valence-electron chi connectivity index (χ0n) is 17.5. The van der Waals surface area contributed by atoms with Crippen LogP contribution in [0.25, 0.3) is 11.5 Å². The highest BCUT2D eigenvalue weighted by Gasteiger charge is 2.24. The average molecular weight is 422 g/mol. The highest BCUT2D eigenvalue weighted by molar-refractivity contribution is 5.67. The lowest BCUT2D eigenvalue weighted by Crippen LogP contribution is -2.53. The predicted octanol–water partition coefficient (Wildman–Crippen LogP) is 3.42. The smallest absolute Gasteiger partial charge is 0.410 e. The molecule has 1 saturated heterocycles. The summed E-state index contributed by atoms with van der Waals surface area (Å²) in [6.45, 7) is 4.58. The maximum Gasteiger partial charge on any atom is 0.410 e. The Morgan fingerprint density at radius 2 is 1.97 bits per heavy atom. The Labute approximate surface area is 181 Å². The largest absolute Gasteiger partial charge is 0.494 e. The van der Waals surface area contributed by atoms with E-state index in [0.29, 0.717) is 31.5 Å². The van der Waals surface area contributed by atoms with Gasteiger partial charge in [-0.05, 0) is 36.2 Å². The molecule has 1 N–H and O–H groups in total. The summed E-state index contributed by atoms with van der Waals surface area (Å²) in [4.78, 5) is 14.1. The van der Waals surface area contributed by atoms with E-state index in [0.717, 1.165) is 29.8 Å². The van der Waals surface area contributed by atoms with Crippen LogP contribution in [0, 0.1) is 6.92 Å². The van der Waals surface area contributed by atoms with Crippen molar-refractivity contribution in [3.05, 3.63) is 66.1 Å². The Bertz CT molecular complexity index is 975. The van der Waals surface area contributed by atoms with Gasteiger partial charge in [-0.3, -0.25) is 0 Å². The third kappa shape index (κ3) is 5.82. The van der Waals surface area contributed by atoms with E-state index in [1.807, 2.05) is 54.6 Å². The van der Waals surface area contributed by atoms with E-state index in [1.54, 1.807) is 11.8 Å². The van der Waals surface area contributed by atoms with E-state index in [2.05, 4.69) is 15.5 Å². The van der Waals surface area contributed by atoms with E-state index < -0.39 is 0 Å². The zero-order valence-corrected chi connectivity index (χ0v) is 17.5. The monoisotopic (exact) mass is 422 g/mol. The van der Waals surface area contributed by atoms with Crippen molar-refractivity contribution < 1.29 is 18.7 Å². The molecule has 2 heterocycles. The SMILES string of the molecule is Cc1nnc(-c2ccc(OCC[C@@H]3CN(C(=O)OCc4ccccc4)CCN3)cc2)o1. The summed E-state index contributed by atoms with van der Waals surface area (Å²) < 4.78 is 16.7. The molecule has 8 heteroatoms. The van der Waals surface area contributed by atoms with Crippen molar-refractivity contribution in [2.24, 2.45) is 0 Å². The predicted molar refractivity (Wildman–Crippen MR) is 115 cm³/mol. The Hall–Kier alpha value is -3.39. The molecule has 31 heavy (non-hydrogen) atoms. The standard InChI is InChI=1S/C23H26N4O4/c1-17-25-26-22(31-17)19-7-9-21(10-8-19)29-14-11-20-15-27(13-12-24-20)23(28)30-16-18-5-3-2-4-6-18/h2-10,20,24H,11-16H2,1H3/t20-/m1/s1. The number of hydrogen-bond donors (Lipinski definition) is 1. The molecule has 1 aromatic heterocycles. The van der Waals surface area contributed by atoms with Crippen molar-refractivity contribution in [2.75, 3.05) is 26.2 Å². The van der Waals surface area contributed by atoms with Crippen molar-refractivity contribution in [1.29, 1.82) is 0 Å². The van der Waals surface area contributed by atoms with Gasteiger partial charge in [0, 0.05) is 38.2 Å². The van der Waals surface area contributed by atoms with Crippen LogP contribution < -0.4 is 10.1 Å². The minimum atomic E-state index is -0.275. The first kappa shape index (κ1) is 20.9. The Morgan fingerprint density at radius 1 is 1.16 bits per heavy atom. The molecule has 3 aromatic rings. The molecule has 1 aliphatic rings. The van der Waals surface area contributed by atoms with Crippen molar-refractivity contribution >= 4 is 6.09 Å². The number of carbonyl (C=O) groups is 1. The second kappa shape index (κ2) is 10.1. The van der Waals surface area contributed by atoms with Crippen LogP contribution in [0.15, 0.2) is 59.0 Å². The van der Waals surface area contributed by atoms with Crippen molar-refractivity contribution in [1.82, 2.24) is 20.4 Å². The number of piperazine rings is 1. The molecule has 162 valence electrons. The highest BCUT2D eigenvalue weighted by atomic mass is 16.6. The normalized spacial score (nSPS) is 16.2. The van der Waals surface area contributed by atoms with Gasteiger partial charge in [0.15, 0.2) is 0 Å². The van der Waals surface area contributed by atoms with Crippen LogP contribution in [0.5, 0.6) is 5.75 Å². The molecule has 4 rings (SSSR count). The Balaban J connectivity index is 1.20. The fourth-order valence-electron chi connectivity index (χ4n) is 3.42. The highest BCUT2D eigenvalue weighted by Crippen LogP contribution is 2.21. The van der Waals surface area contributed by atoms with E-state index in [1.165, 1.54) is 0 Å². The summed E-state index contributed by atoms with van der Waals surface area (Å²) in [6, 6.07) is 17.4. The van der Waals surface area contributed by atoms with Crippen molar-refractivity contribution in [2.45, 2.75) is 26.0 Å². The molecule has 0 spiro atoms.